The maximum atomic E-state index is 12.5. The number of benzene rings is 1. The van der Waals surface area contributed by atoms with Crippen LogP contribution < -0.4 is 15.6 Å². The molecule has 8 nitrogen and oxygen atoms in total. The minimum Gasteiger partial charge on any atom is -0.495 e. The van der Waals surface area contributed by atoms with Gasteiger partial charge in [0.15, 0.2) is 0 Å². The van der Waals surface area contributed by atoms with Crippen LogP contribution in [0.25, 0.3) is 0 Å². The van der Waals surface area contributed by atoms with Crippen LogP contribution in [-0.4, -0.2) is 22.5 Å². The minimum atomic E-state index is -0.976. The Hall–Kier alpha value is -2.87. The van der Waals surface area contributed by atoms with E-state index in [1.807, 2.05) is 0 Å². The van der Waals surface area contributed by atoms with Crippen molar-refractivity contribution in [3.05, 3.63) is 61.5 Å². The van der Waals surface area contributed by atoms with Gasteiger partial charge in [-0.1, -0.05) is 11.6 Å². The zero-order chi connectivity index (χ0) is 18.7. The molecule has 1 N–H and O–H groups in total. The van der Waals surface area contributed by atoms with E-state index in [9.17, 15) is 19.7 Å². The van der Waals surface area contributed by atoms with Crippen LogP contribution in [0.1, 0.15) is 18.5 Å². The van der Waals surface area contributed by atoms with Crippen molar-refractivity contribution in [3.63, 3.8) is 0 Å². The number of ether oxygens (including phenoxy) is 1. The van der Waals surface area contributed by atoms with Gasteiger partial charge in [0, 0.05) is 16.7 Å². The molecule has 132 valence electrons. The van der Waals surface area contributed by atoms with Crippen molar-refractivity contribution >= 4 is 28.9 Å². The van der Waals surface area contributed by atoms with Gasteiger partial charge >= 0.3 is 0 Å². The molecule has 1 aromatic heterocycles. The van der Waals surface area contributed by atoms with Gasteiger partial charge in [-0.15, -0.1) is 0 Å². The number of carbonyl (C=O) groups excluding carboxylic acids is 1. The Morgan fingerprint density at radius 2 is 2.08 bits per heavy atom. The van der Waals surface area contributed by atoms with Crippen LogP contribution in [0.15, 0.2) is 35.3 Å². The van der Waals surface area contributed by atoms with E-state index in [2.05, 4.69) is 5.32 Å². The van der Waals surface area contributed by atoms with Crippen molar-refractivity contribution in [2.75, 3.05) is 12.4 Å². The second kappa shape index (κ2) is 7.35. The molecule has 0 aliphatic rings. The molecule has 9 heteroatoms. The minimum absolute atomic E-state index is 0.232. The standard InChI is InChI=1S/C16H16ClN3O5/c1-9-6-15(21)19(8-13(9)20(23)24)10(2)16(22)18-12-7-11(17)4-5-14(12)25-3/h4-8,10H,1-3H3,(H,18,22). The van der Waals surface area contributed by atoms with Crippen molar-refractivity contribution in [2.45, 2.75) is 19.9 Å². The molecule has 0 saturated heterocycles. The molecule has 2 rings (SSSR count). The Morgan fingerprint density at radius 3 is 2.68 bits per heavy atom. The van der Waals surface area contributed by atoms with Gasteiger partial charge in [-0.25, -0.2) is 0 Å². The molecule has 0 saturated carbocycles. The number of methoxy groups -OCH3 is 1. The molecule has 0 aliphatic heterocycles. The summed E-state index contributed by atoms with van der Waals surface area (Å²) in [6, 6.07) is 4.85. The van der Waals surface area contributed by atoms with Crippen LogP contribution in [-0.2, 0) is 4.79 Å². The molecular formula is C16H16ClN3O5. The zero-order valence-corrected chi connectivity index (χ0v) is 14.5. The first-order chi connectivity index (χ1) is 11.7. The van der Waals surface area contributed by atoms with Crippen LogP contribution in [0.5, 0.6) is 5.75 Å². The fraction of sp³-hybridized carbons (Fsp3) is 0.250. The van der Waals surface area contributed by atoms with Gasteiger partial charge in [-0.2, -0.15) is 0 Å². The van der Waals surface area contributed by atoms with E-state index in [4.69, 9.17) is 16.3 Å². The molecule has 2 aromatic rings. The average molecular weight is 366 g/mol. The van der Waals surface area contributed by atoms with Crippen LogP contribution in [0.2, 0.25) is 5.02 Å². The maximum absolute atomic E-state index is 12.5. The number of pyridine rings is 1. The van der Waals surface area contributed by atoms with Gasteiger partial charge in [0.1, 0.15) is 11.8 Å². The first kappa shape index (κ1) is 18.5. The molecule has 1 heterocycles. The van der Waals surface area contributed by atoms with Gasteiger partial charge in [-0.05, 0) is 32.0 Å². The fourth-order valence-corrected chi connectivity index (χ4v) is 2.44. The number of aromatic nitrogens is 1. The monoisotopic (exact) mass is 365 g/mol. The van der Waals surface area contributed by atoms with E-state index in [0.29, 0.717) is 16.5 Å². The van der Waals surface area contributed by atoms with Gasteiger partial charge in [0.2, 0.25) is 5.91 Å². The topological polar surface area (TPSA) is 103 Å². The lowest BCUT2D eigenvalue weighted by Gasteiger charge is -2.17. The molecule has 0 fully saturated rings. The SMILES string of the molecule is COc1ccc(Cl)cc1NC(=O)C(C)n1cc([N+](=O)[O-])c(C)cc1=O. The molecule has 0 aliphatic carbocycles. The Labute approximate surface area is 148 Å². The number of amides is 1. The Balaban J connectivity index is 2.35. The Kier molecular flexibility index (Phi) is 5.43. The highest BCUT2D eigenvalue weighted by Gasteiger charge is 2.21. The summed E-state index contributed by atoms with van der Waals surface area (Å²) in [6.45, 7) is 2.93. The highest BCUT2D eigenvalue weighted by Crippen LogP contribution is 2.28. The summed E-state index contributed by atoms with van der Waals surface area (Å²) in [6.07, 6.45) is 1.07. The summed E-state index contributed by atoms with van der Waals surface area (Å²) < 4.78 is 6.16. The molecular weight excluding hydrogens is 350 g/mol. The lowest BCUT2D eigenvalue weighted by Crippen LogP contribution is -2.31. The fourth-order valence-electron chi connectivity index (χ4n) is 2.27. The molecule has 25 heavy (non-hydrogen) atoms. The molecule has 1 aromatic carbocycles. The van der Waals surface area contributed by atoms with E-state index in [1.165, 1.54) is 27.0 Å². The van der Waals surface area contributed by atoms with Crippen LogP contribution >= 0.6 is 11.6 Å². The molecule has 1 amide bonds. The van der Waals surface area contributed by atoms with Crippen molar-refractivity contribution in [1.29, 1.82) is 0 Å². The van der Waals surface area contributed by atoms with Crippen molar-refractivity contribution in [1.82, 2.24) is 4.57 Å². The normalized spacial score (nSPS) is 11.7. The maximum Gasteiger partial charge on any atom is 0.288 e. The van der Waals surface area contributed by atoms with Crippen LogP contribution in [0.3, 0.4) is 0 Å². The number of nitrogens with one attached hydrogen (secondary N) is 1. The first-order valence-electron chi connectivity index (χ1n) is 7.26. The number of hydrogen-bond acceptors (Lipinski definition) is 5. The molecule has 1 unspecified atom stereocenters. The van der Waals surface area contributed by atoms with Crippen LogP contribution in [0, 0.1) is 17.0 Å². The number of nitrogens with zero attached hydrogens (tertiary/aromatic N) is 2. The third kappa shape index (κ3) is 3.97. The number of nitro groups is 1. The summed E-state index contributed by atoms with van der Waals surface area (Å²) in [5.41, 5.74) is -0.180. The van der Waals surface area contributed by atoms with E-state index >= 15 is 0 Å². The average Bonchev–Trinajstić information content (AvgIpc) is 2.54. The molecule has 0 spiro atoms. The smallest absolute Gasteiger partial charge is 0.288 e. The summed E-state index contributed by atoms with van der Waals surface area (Å²) in [7, 11) is 1.44. The number of hydrogen-bond donors (Lipinski definition) is 1. The van der Waals surface area contributed by atoms with E-state index in [-0.39, 0.29) is 11.3 Å². The highest BCUT2D eigenvalue weighted by atomic mass is 35.5. The largest absolute Gasteiger partial charge is 0.495 e. The van der Waals surface area contributed by atoms with E-state index in [0.717, 1.165) is 16.8 Å². The van der Waals surface area contributed by atoms with E-state index in [1.54, 1.807) is 12.1 Å². The predicted octanol–water partition coefficient (Wildman–Crippen LogP) is 2.93. The Bertz CT molecular complexity index is 894. The van der Waals surface area contributed by atoms with Gasteiger partial charge in [0.25, 0.3) is 11.2 Å². The van der Waals surface area contributed by atoms with Crippen molar-refractivity contribution in [3.8, 4) is 5.75 Å². The summed E-state index contributed by atoms with van der Waals surface area (Å²) in [5.74, 6) is -0.145. The van der Waals surface area contributed by atoms with Crippen molar-refractivity contribution in [2.24, 2.45) is 0 Å². The number of carbonyl (C=O) groups is 1. The van der Waals surface area contributed by atoms with Gasteiger partial charge < -0.3 is 10.1 Å². The second-order valence-corrected chi connectivity index (χ2v) is 5.79. The zero-order valence-electron chi connectivity index (χ0n) is 13.8. The number of rotatable bonds is 5. The Morgan fingerprint density at radius 1 is 1.40 bits per heavy atom. The molecule has 0 radical (unpaired) electrons. The summed E-state index contributed by atoms with van der Waals surface area (Å²) >= 11 is 5.92. The quantitative estimate of drug-likeness (QED) is 0.648. The molecule has 1 atom stereocenters. The third-order valence-electron chi connectivity index (χ3n) is 3.67. The summed E-state index contributed by atoms with van der Waals surface area (Å²) in [5, 5.41) is 14.1. The number of halogens is 1. The predicted molar refractivity (Wildman–Crippen MR) is 93.4 cm³/mol. The summed E-state index contributed by atoms with van der Waals surface area (Å²) in [4.78, 5) is 35.0. The van der Waals surface area contributed by atoms with Crippen molar-refractivity contribution < 1.29 is 14.5 Å². The van der Waals surface area contributed by atoms with Gasteiger partial charge in [-0.3, -0.25) is 24.3 Å². The number of anilines is 1. The van der Waals surface area contributed by atoms with Crippen LogP contribution in [0.4, 0.5) is 11.4 Å². The number of aryl methyl sites for hydroxylation is 1. The van der Waals surface area contributed by atoms with Gasteiger partial charge in [0.05, 0.1) is 23.9 Å². The highest BCUT2D eigenvalue weighted by molar-refractivity contribution is 6.31. The third-order valence-corrected chi connectivity index (χ3v) is 3.91. The lowest BCUT2D eigenvalue weighted by molar-refractivity contribution is -0.386. The molecule has 0 bridgehead atoms. The lowest BCUT2D eigenvalue weighted by atomic mass is 10.2. The van der Waals surface area contributed by atoms with E-state index < -0.39 is 22.4 Å². The first-order valence-corrected chi connectivity index (χ1v) is 7.64. The second-order valence-electron chi connectivity index (χ2n) is 5.35.